The lowest BCUT2D eigenvalue weighted by molar-refractivity contribution is -0.137. The van der Waals surface area contributed by atoms with Crippen molar-refractivity contribution in [3.05, 3.63) is 59.7 Å². The van der Waals surface area contributed by atoms with E-state index in [0.29, 0.717) is 0 Å². The number of benzene rings is 2. The molecule has 3 amide bonds. The van der Waals surface area contributed by atoms with Gasteiger partial charge in [-0.25, -0.2) is 4.79 Å². The monoisotopic (exact) mass is 481 g/mol. The Morgan fingerprint density at radius 1 is 0.914 bits per heavy atom. The van der Waals surface area contributed by atoms with E-state index < -0.39 is 24.0 Å². The zero-order valence-corrected chi connectivity index (χ0v) is 19.9. The van der Waals surface area contributed by atoms with E-state index in [1.165, 1.54) is 0 Å². The third-order valence-electron chi connectivity index (χ3n) is 5.70. The fourth-order valence-electron chi connectivity index (χ4n) is 4.14. The fraction of sp³-hybridized carbons (Fsp3) is 0.385. The van der Waals surface area contributed by atoms with E-state index in [2.05, 4.69) is 16.0 Å². The highest BCUT2D eigenvalue weighted by atomic mass is 16.5. The average Bonchev–Trinajstić information content (AvgIpc) is 3.13. The van der Waals surface area contributed by atoms with Crippen molar-refractivity contribution >= 4 is 23.9 Å². The van der Waals surface area contributed by atoms with Gasteiger partial charge in [0, 0.05) is 31.3 Å². The number of carboxylic acids is 1. The van der Waals surface area contributed by atoms with Crippen LogP contribution >= 0.6 is 0 Å². The number of rotatable bonds is 11. The second kappa shape index (κ2) is 12.0. The summed E-state index contributed by atoms with van der Waals surface area (Å²) in [7, 11) is 0. The molecule has 3 rings (SSSR count). The number of alkyl carbamates (subject to hydrolysis) is 1. The van der Waals surface area contributed by atoms with E-state index in [-0.39, 0.29) is 50.3 Å². The van der Waals surface area contributed by atoms with Gasteiger partial charge in [0.05, 0.1) is 0 Å². The number of carbonyl (C=O) groups excluding carboxylic acids is 3. The molecule has 0 radical (unpaired) electrons. The summed E-state index contributed by atoms with van der Waals surface area (Å²) in [5.74, 6) is -2.02. The fourth-order valence-corrected chi connectivity index (χ4v) is 4.14. The molecule has 1 aliphatic rings. The molecule has 2 aromatic rings. The van der Waals surface area contributed by atoms with Crippen molar-refractivity contribution in [1.29, 1.82) is 0 Å². The average molecular weight is 482 g/mol. The number of hydrogen-bond donors (Lipinski definition) is 4. The van der Waals surface area contributed by atoms with E-state index in [0.717, 1.165) is 22.3 Å². The van der Waals surface area contributed by atoms with Gasteiger partial charge in [0.1, 0.15) is 12.6 Å². The van der Waals surface area contributed by atoms with Gasteiger partial charge in [-0.3, -0.25) is 14.4 Å². The van der Waals surface area contributed by atoms with Crippen LogP contribution in [-0.4, -0.2) is 54.2 Å². The van der Waals surface area contributed by atoms with Crippen LogP contribution in [0.1, 0.15) is 50.2 Å². The maximum absolute atomic E-state index is 12.6. The van der Waals surface area contributed by atoms with Crippen LogP contribution in [-0.2, 0) is 19.1 Å². The molecule has 1 aliphatic carbocycles. The molecule has 0 aromatic heterocycles. The lowest BCUT2D eigenvalue weighted by atomic mass is 9.98. The highest BCUT2D eigenvalue weighted by Gasteiger charge is 2.30. The Kier molecular flexibility index (Phi) is 8.83. The number of ether oxygens (including phenoxy) is 1. The second-order valence-corrected chi connectivity index (χ2v) is 8.72. The van der Waals surface area contributed by atoms with Crippen molar-refractivity contribution in [1.82, 2.24) is 16.0 Å². The lowest BCUT2D eigenvalue weighted by Crippen LogP contribution is -2.48. The van der Waals surface area contributed by atoms with Crippen LogP contribution in [0.3, 0.4) is 0 Å². The van der Waals surface area contributed by atoms with Gasteiger partial charge in [0.15, 0.2) is 0 Å². The zero-order valence-electron chi connectivity index (χ0n) is 19.9. The van der Waals surface area contributed by atoms with Crippen molar-refractivity contribution in [2.24, 2.45) is 0 Å². The largest absolute Gasteiger partial charge is 0.481 e. The Balaban J connectivity index is 1.58. The topological polar surface area (TPSA) is 134 Å². The molecule has 186 valence electrons. The minimum atomic E-state index is -1.10. The first-order chi connectivity index (χ1) is 16.8. The third-order valence-corrected chi connectivity index (χ3v) is 5.70. The van der Waals surface area contributed by atoms with Crippen LogP contribution in [0.5, 0.6) is 0 Å². The molecule has 0 saturated carbocycles. The minimum Gasteiger partial charge on any atom is -0.481 e. The predicted octanol–water partition coefficient (Wildman–Crippen LogP) is 2.79. The highest BCUT2D eigenvalue weighted by molar-refractivity contribution is 5.87. The lowest BCUT2D eigenvalue weighted by Gasteiger charge is -2.19. The van der Waals surface area contributed by atoms with Gasteiger partial charge in [0.2, 0.25) is 11.8 Å². The van der Waals surface area contributed by atoms with Crippen LogP contribution in [0.4, 0.5) is 4.79 Å². The molecule has 1 unspecified atom stereocenters. The summed E-state index contributed by atoms with van der Waals surface area (Å²) in [6.07, 6.45) is -1.16. The van der Waals surface area contributed by atoms with Gasteiger partial charge in [-0.1, -0.05) is 48.5 Å². The Labute approximate surface area is 204 Å². The van der Waals surface area contributed by atoms with E-state index in [4.69, 9.17) is 9.84 Å². The van der Waals surface area contributed by atoms with E-state index >= 15 is 0 Å². The Hall–Kier alpha value is -3.88. The molecule has 4 N–H and O–H groups in total. The summed E-state index contributed by atoms with van der Waals surface area (Å²) in [6, 6.07) is 14.7. The Morgan fingerprint density at radius 3 is 2.09 bits per heavy atom. The second-order valence-electron chi connectivity index (χ2n) is 8.72. The standard InChI is InChI=1S/C26H31N3O6/c1-16(2)28-23(30)13-14-27-25(33)22(11-12-24(31)32)29-26(34)35-15-21-19-9-5-3-7-17(19)18-8-4-6-10-20(18)21/h3-10,16,21-22H,11-15H2,1-2H3,(H,27,33)(H,28,30)(H,29,34)(H,31,32). The predicted molar refractivity (Wildman–Crippen MR) is 130 cm³/mol. The molecule has 35 heavy (non-hydrogen) atoms. The number of amides is 3. The van der Waals surface area contributed by atoms with Crippen molar-refractivity contribution < 1.29 is 29.0 Å². The number of carboxylic acid groups (broad SMARTS) is 1. The molecule has 0 bridgehead atoms. The van der Waals surface area contributed by atoms with E-state index in [1.807, 2.05) is 62.4 Å². The maximum Gasteiger partial charge on any atom is 0.407 e. The molecule has 0 aliphatic heterocycles. The first-order valence-electron chi connectivity index (χ1n) is 11.7. The minimum absolute atomic E-state index is 0.0169. The first-order valence-corrected chi connectivity index (χ1v) is 11.7. The zero-order chi connectivity index (χ0) is 25.4. The molecule has 0 heterocycles. The third kappa shape index (κ3) is 7.05. The molecular formula is C26H31N3O6. The number of nitrogens with one attached hydrogen (secondary N) is 3. The van der Waals surface area contributed by atoms with Gasteiger partial charge in [0.25, 0.3) is 0 Å². The number of fused-ring (bicyclic) bond motifs is 3. The van der Waals surface area contributed by atoms with Crippen LogP contribution < -0.4 is 16.0 Å². The van der Waals surface area contributed by atoms with Crippen LogP contribution in [0.15, 0.2) is 48.5 Å². The molecule has 0 saturated heterocycles. The van der Waals surface area contributed by atoms with Crippen LogP contribution in [0.25, 0.3) is 11.1 Å². The number of aliphatic carboxylic acids is 1. The van der Waals surface area contributed by atoms with Gasteiger partial charge >= 0.3 is 12.1 Å². The number of hydrogen-bond acceptors (Lipinski definition) is 5. The van der Waals surface area contributed by atoms with E-state index in [9.17, 15) is 19.2 Å². The summed E-state index contributed by atoms with van der Waals surface area (Å²) in [5, 5.41) is 16.8. The molecule has 9 nitrogen and oxygen atoms in total. The van der Waals surface area contributed by atoms with Crippen molar-refractivity contribution in [2.75, 3.05) is 13.2 Å². The smallest absolute Gasteiger partial charge is 0.407 e. The molecule has 0 spiro atoms. The first kappa shape index (κ1) is 25.7. The molecule has 2 aromatic carbocycles. The Morgan fingerprint density at radius 2 is 1.51 bits per heavy atom. The van der Waals surface area contributed by atoms with Crippen molar-refractivity contribution in [3.63, 3.8) is 0 Å². The maximum atomic E-state index is 12.6. The van der Waals surface area contributed by atoms with Gasteiger partial charge in [-0.2, -0.15) is 0 Å². The van der Waals surface area contributed by atoms with Crippen molar-refractivity contribution in [2.45, 2.75) is 51.1 Å². The molecule has 9 heteroatoms. The molecule has 0 fully saturated rings. The summed E-state index contributed by atoms with van der Waals surface area (Å²) in [6.45, 7) is 3.79. The summed E-state index contributed by atoms with van der Waals surface area (Å²) >= 11 is 0. The van der Waals surface area contributed by atoms with Gasteiger partial charge in [-0.15, -0.1) is 0 Å². The Bertz CT molecular complexity index is 1040. The van der Waals surface area contributed by atoms with Crippen LogP contribution in [0, 0.1) is 0 Å². The SMILES string of the molecule is CC(C)NC(=O)CCNC(=O)C(CCC(=O)O)NC(=O)OCC1c2ccccc2-c2ccccc21. The van der Waals surface area contributed by atoms with Gasteiger partial charge < -0.3 is 25.8 Å². The highest BCUT2D eigenvalue weighted by Crippen LogP contribution is 2.44. The quantitative estimate of drug-likeness (QED) is 0.390. The number of carbonyl (C=O) groups is 4. The summed E-state index contributed by atoms with van der Waals surface area (Å²) in [4.78, 5) is 47.9. The molecular weight excluding hydrogens is 450 g/mol. The summed E-state index contributed by atoms with van der Waals surface area (Å²) in [5.41, 5.74) is 4.30. The van der Waals surface area contributed by atoms with Crippen LogP contribution in [0.2, 0.25) is 0 Å². The van der Waals surface area contributed by atoms with E-state index in [1.54, 1.807) is 0 Å². The molecule has 1 atom stereocenters. The van der Waals surface area contributed by atoms with Crippen molar-refractivity contribution in [3.8, 4) is 11.1 Å². The summed E-state index contributed by atoms with van der Waals surface area (Å²) < 4.78 is 5.47. The van der Waals surface area contributed by atoms with Gasteiger partial charge in [-0.05, 0) is 42.5 Å². The normalized spacial score (nSPS) is 12.9.